The third-order valence-electron chi connectivity index (χ3n) is 5.22. The first-order valence-corrected chi connectivity index (χ1v) is 10.6. The van der Waals surface area contributed by atoms with Gasteiger partial charge in [0, 0.05) is 58.6 Å². The first kappa shape index (κ1) is 23.3. The average molecular weight is 441 g/mol. The summed E-state index contributed by atoms with van der Waals surface area (Å²) in [5.41, 5.74) is 2.39. The Bertz CT molecular complexity index is 968. The zero-order valence-electron chi connectivity index (χ0n) is 19.2. The molecule has 0 spiro atoms. The first-order valence-electron chi connectivity index (χ1n) is 10.6. The van der Waals surface area contributed by atoms with Crippen molar-refractivity contribution >= 4 is 23.5 Å². The fourth-order valence-electron chi connectivity index (χ4n) is 3.51. The zero-order chi connectivity index (χ0) is 23.1. The van der Waals surface area contributed by atoms with Gasteiger partial charge in [-0.3, -0.25) is 19.3 Å². The second-order valence-electron chi connectivity index (χ2n) is 8.00. The number of aliphatic imine (C=N–C) groups is 1. The number of hydrogen-bond donors (Lipinski definition) is 2. The van der Waals surface area contributed by atoms with Gasteiger partial charge >= 0.3 is 0 Å². The highest BCUT2D eigenvalue weighted by molar-refractivity contribution is 5.98. The van der Waals surface area contributed by atoms with Gasteiger partial charge in [-0.2, -0.15) is 5.10 Å². The van der Waals surface area contributed by atoms with E-state index in [1.54, 1.807) is 28.9 Å². The van der Waals surface area contributed by atoms with Crippen LogP contribution in [0.5, 0.6) is 0 Å². The lowest BCUT2D eigenvalue weighted by Crippen LogP contribution is -2.55. The molecular formula is C22H32N8O2. The molecule has 2 N–H and O–H groups in total. The van der Waals surface area contributed by atoms with Crippen LogP contribution in [0.2, 0.25) is 0 Å². The lowest BCUT2D eigenvalue weighted by atomic mass is 10.1. The highest BCUT2D eigenvalue weighted by Gasteiger charge is 2.27. The van der Waals surface area contributed by atoms with E-state index in [0.717, 1.165) is 17.8 Å². The summed E-state index contributed by atoms with van der Waals surface area (Å²) in [6.07, 6.45) is 3.54. The second-order valence-corrected chi connectivity index (χ2v) is 8.00. The number of aryl methyl sites for hydroxylation is 1. The molecule has 0 saturated carbocycles. The molecule has 10 nitrogen and oxygen atoms in total. The fourth-order valence-corrected chi connectivity index (χ4v) is 3.51. The normalized spacial score (nSPS) is 14.8. The van der Waals surface area contributed by atoms with E-state index < -0.39 is 0 Å². The molecule has 1 aliphatic rings. The van der Waals surface area contributed by atoms with Crippen molar-refractivity contribution in [3.05, 3.63) is 47.8 Å². The van der Waals surface area contributed by atoms with Crippen molar-refractivity contribution in [3.63, 3.8) is 0 Å². The number of nitrogens with zero attached hydrogens (tertiary/aromatic N) is 6. The Morgan fingerprint density at radius 2 is 2.06 bits per heavy atom. The van der Waals surface area contributed by atoms with Gasteiger partial charge in [-0.25, -0.2) is 0 Å². The van der Waals surface area contributed by atoms with Crippen molar-refractivity contribution in [2.75, 3.05) is 58.8 Å². The van der Waals surface area contributed by atoms with Crippen LogP contribution in [-0.2, 0) is 18.4 Å². The standard InChI is InChI=1S/C22H32N8O2/c1-23-22(29-10-11-30(20(31)16-29)19-14-26-28(4)15-19)25-13-17-6-5-7-18(12-17)21(32)24-8-9-27(2)3/h5-7,12,14-15H,8-11,13,16H2,1-4H3,(H,23,25)(H,24,32). The Morgan fingerprint density at radius 3 is 2.72 bits per heavy atom. The van der Waals surface area contributed by atoms with Gasteiger partial charge in [-0.1, -0.05) is 12.1 Å². The summed E-state index contributed by atoms with van der Waals surface area (Å²) < 4.78 is 1.69. The van der Waals surface area contributed by atoms with Gasteiger partial charge < -0.3 is 25.3 Å². The highest BCUT2D eigenvalue weighted by Crippen LogP contribution is 2.16. The number of piperazine rings is 1. The minimum absolute atomic E-state index is 0.00333. The quantitative estimate of drug-likeness (QED) is 0.469. The number of rotatable bonds is 7. The van der Waals surface area contributed by atoms with E-state index in [1.807, 2.05) is 55.3 Å². The van der Waals surface area contributed by atoms with Crippen LogP contribution in [0.15, 0.2) is 41.7 Å². The number of anilines is 1. The molecule has 1 fully saturated rings. The highest BCUT2D eigenvalue weighted by atomic mass is 16.2. The number of nitrogens with one attached hydrogen (secondary N) is 2. The Kier molecular flexibility index (Phi) is 7.82. The predicted molar refractivity (Wildman–Crippen MR) is 125 cm³/mol. The van der Waals surface area contributed by atoms with Crippen molar-refractivity contribution in [1.82, 2.24) is 30.2 Å². The molecule has 32 heavy (non-hydrogen) atoms. The average Bonchev–Trinajstić information content (AvgIpc) is 3.20. The monoisotopic (exact) mass is 440 g/mol. The minimum atomic E-state index is -0.0878. The summed E-state index contributed by atoms with van der Waals surface area (Å²) in [5.74, 6) is 0.573. The van der Waals surface area contributed by atoms with Crippen molar-refractivity contribution in [1.29, 1.82) is 0 Å². The largest absolute Gasteiger partial charge is 0.352 e. The second kappa shape index (κ2) is 10.8. The predicted octanol–water partition coefficient (Wildman–Crippen LogP) is 0.136. The summed E-state index contributed by atoms with van der Waals surface area (Å²) in [4.78, 5) is 35.1. The number of amides is 2. The SMILES string of the molecule is CN=C(NCc1cccc(C(=O)NCCN(C)C)c1)N1CCN(c2cnn(C)c2)C(=O)C1. The van der Waals surface area contributed by atoms with Crippen molar-refractivity contribution < 1.29 is 9.59 Å². The molecule has 0 atom stereocenters. The molecule has 10 heteroatoms. The molecule has 0 aliphatic carbocycles. The molecule has 2 amide bonds. The summed E-state index contributed by atoms with van der Waals surface area (Å²) in [5, 5.41) is 10.4. The van der Waals surface area contributed by atoms with Crippen LogP contribution < -0.4 is 15.5 Å². The van der Waals surface area contributed by atoms with E-state index in [1.165, 1.54) is 0 Å². The lowest BCUT2D eigenvalue weighted by molar-refractivity contribution is -0.120. The minimum Gasteiger partial charge on any atom is -0.352 e. The maximum absolute atomic E-state index is 12.7. The summed E-state index contributed by atoms with van der Waals surface area (Å²) in [6, 6.07) is 7.51. The molecule has 0 bridgehead atoms. The number of carbonyl (C=O) groups excluding carboxylic acids is 2. The van der Waals surface area contributed by atoms with E-state index in [2.05, 4.69) is 20.7 Å². The summed E-state index contributed by atoms with van der Waals surface area (Å²) in [6.45, 7) is 3.35. The third kappa shape index (κ3) is 6.07. The Hall–Kier alpha value is -3.40. The van der Waals surface area contributed by atoms with Gasteiger partial charge in [-0.15, -0.1) is 0 Å². The van der Waals surface area contributed by atoms with Gasteiger partial charge in [0.05, 0.1) is 11.9 Å². The van der Waals surface area contributed by atoms with Gasteiger partial charge in [0.2, 0.25) is 5.91 Å². The third-order valence-corrected chi connectivity index (χ3v) is 5.22. The molecule has 0 radical (unpaired) electrons. The maximum Gasteiger partial charge on any atom is 0.251 e. The first-order chi connectivity index (χ1) is 15.4. The van der Waals surface area contributed by atoms with Gasteiger partial charge in [0.25, 0.3) is 5.91 Å². The smallest absolute Gasteiger partial charge is 0.251 e. The molecule has 0 unspecified atom stereocenters. The van der Waals surface area contributed by atoms with Crippen LogP contribution in [0.25, 0.3) is 0 Å². The topological polar surface area (TPSA) is 98.1 Å². The number of benzene rings is 1. The number of guanidine groups is 1. The van der Waals surface area contributed by atoms with E-state index in [-0.39, 0.29) is 18.4 Å². The molecule has 3 rings (SSSR count). The lowest BCUT2D eigenvalue weighted by Gasteiger charge is -2.35. The number of carbonyl (C=O) groups is 2. The van der Waals surface area contributed by atoms with Crippen LogP contribution in [0.1, 0.15) is 15.9 Å². The molecular weight excluding hydrogens is 408 g/mol. The number of likely N-dealkylation sites (N-methyl/N-ethyl adjacent to an activating group) is 1. The Labute approximate surface area is 188 Å². The van der Waals surface area contributed by atoms with Crippen molar-refractivity contribution in [2.24, 2.45) is 12.0 Å². The molecule has 1 aromatic carbocycles. The maximum atomic E-state index is 12.7. The fraction of sp³-hybridized carbons (Fsp3) is 0.455. The van der Waals surface area contributed by atoms with Crippen LogP contribution in [0, 0.1) is 0 Å². The van der Waals surface area contributed by atoms with Crippen LogP contribution in [0.4, 0.5) is 5.69 Å². The van der Waals surface area contributed by atoms with E-state index in [0.29, 0.717) is 37.7 Å². The molecule has 2 heterocycles. The summed E-state index contributed by atoms with van der Waals surface area (Å²) >= 11 is 0. The van der Waals surface area contributed by atoms with Crippen molar-refractivity contribution in [3.8, 4) is 0 Å². The molecule has 1 saturated heterocycles. The van der Waals surface area contributed by atoms with Crippen LogP contribution >= 0.6 is 0 Å². The van der Waals surface area contributed by atoms with E-state index in [9.17, 15) is 9.59 Å². The summed E-state index contributed by atoms with van der Waals surface area (Å²) in [7, 11) is 7.47. The number of hydrogen-bond acceptors (Lipinski definition) is 5. The van der Waals surface area contributed by atoms with Gasteiger partial charge in [-0.05, 0) is 31.8 Å². The van der Waals surface area contributed by atoms with Crippen LogP contribution in [0.3, 0.4) is 0 Å². The molecule has 172 valence electrons. The van der Waals surface area contributed by atoms with Gasteiger partial charge in [0.15, 0.2) is 5.96 Å². The Morgan fingerprint density at radius 1 is 1.25 bits per heavy atom. The van der Waals surface area contributed by atoms with Crippen LogP contribution in [-0.4, -0.2) is 91.2 Å². The molecule has 2 aromatic rings. The van der Waals surface area contributed by atoms with Gasteiger partial charge in [0.1, 0.15) is 6.54 Å². The van der Waals surface area contributed by atoms with E-state index in [4.69, 9.17) is 0 Å². The number of aromatic nitrogens is 2. The molecule has 1 aromatic heterocycles. The van der Waals surface area contributed by atoms with Crippen molar-refractivity contribution in [2.45, 2.75) is 6.54 Å². The zero-order valence-corrected chi connectivity index (χ0v) is 19.2. The Balaban J connectivity index is 1.54. The molecule has 1 aliphatic heterocycles. The van der Waals surface area contributed by atoms with E-state index >= 15 is 0 Å².